The van der Waals surface area contributed by atoms with E-state index in [1.807, 2.05) is 34.3 Å². The molecule has 2 atom stereocenters. The van der Waals surface area contributed by atoms with Crippen molar-refractivity contribution in [2.45, 2.75) is 50.7 Å². The molecule has 2 aromatic rings. The smallest absolute Gasteiger partial charge is 0.328 e. The Morgan fingerprint density at radius 1 is 1.37 bits per heavy atom. The Morgan fingerprint density at radius 2 is 2.18 bits per heavy atom. The van der Waals surface area contributed by atoms with Crippen LogP contribution in [0, 0.1) is 11.3 Å². The van der Waals surface area contributed by atoms with Crippen LogP contribution < -0.4 is 5.32 Å². The molecule has 1 aromatic carbocycles. The van der Waals surface area contributed by atoms with Crippen molar-refractivity contribution in [3.8, 4) is 6.07 Å². The molecule has 0 bridgehead atoms. The van der Waals surface area contributed by atoms with Crippen LogP contribution in [0.2, 0.25) is 0 Å². The highest BCUT2D eigenvalue weighted by Gasteiger charge is 2.31. The summed E-state index contributed by atoms with van der Waals surface area (Å²) in [6.07, 6.45) is 8.45. The van der Waals surface area contributed by atoms with Gasteiger partial charge in [0.05, 0.1) is 31.6 Å². The highest BCUT2D eigenvalue weighted by molar-refractivity contribution is 7.98. The number of nitrogens with zero attached hydrogens (tertiary/aromatic N) is 4. The van der Waals surface area contributed by atoms with Crippen molar-refractivity contribution >= 4 is 29.5 Å². The lowest BCUT2D eigenvalue weighted by Crippen LogP contribution is -2.49. The molecular formula is C27H36N6O4S. The third-order valence-corrected chi connectivity index (χ3v) is 7.30. The van der Waals surface area contributed by atoms with E-state index in [-0.39, 0.29) is 24.4 Å². The Kier molecular flexibility index (Phi) is 11.6. The molecule has 0 spiro atoms. The molecule has 0 aliphatic carbocycles. The molecule has 2 heterocycles. The molecule has 204 valence electrons. The van der Waals surface area contributed by atoms with Crippen molar-refractivity contribution in [1.82, 2.24) is 25.1 Å². The number of carbonyl (C=O) groups excluding carboxylic acids is 3. The molecule has 1 saturated heterocycles. The van der Waals surface area contributed by atoms with Crippen molar-refractivity contribution in [3.63, 3.8) is 0 Å². The summed E-state index contributed by atoms with van der Waals surface area (Å²) in [5.74, 6) is 0.00759. The van der Waals surface area contributed by atoms with E-state index >= 15 is 0 Å². The first-order valence-corrected chi connectivity index (χ1v) is 14.2. The van der Waals surface area contributed by atoms with Crippen LogP contribution in [-0.2, 0) is 32.1 Å². The Bertz CT molecular complexity index is 1100. The van der Waals surface area contributed by atoms with Crippen molar-refractivity contribution in [3.05, 3.63) is 53.6 Å². The molecule has 1 aromatic heterocycles. The summed E-state index contributed by atoms with van der Waals surface area (Å²) in [6, 6.07) is 8.76. The topological polar surface area (TPSA) is 131 Å². The number of rotatable bonds is 14. The highest BCUT2D eigenvalue weighted by atomic mass is 32.2. The normalized spacial score (nSPS) is 15.7. The van der Waals surface area contributed by atoms with Crippen LogP contribution in [0.5, 0.6) is 0 Å². The number of amides is 2. The molecule has 38 heavy (non-hydrogen) atoms. The van der Waals surface area contributed by atoms with Crippen LogP contribution in [0.25, 0.3) is 0 Å². The summed E-state index contributed by atoms with van der Waals surface area (Å²) in [5.41, 5.74) is 2.27. The van der Waals surface area contributed by atoms with E-state index in [1.165, 1.54) is 7.11 Å². The first-order chi connectivity index (χ1) is 18.4. The maximum absolute atomic E-state index is 13.1. The minimum absolute atomic E-state index is 0.0270. The van der Waals surface area contributed by atoms with Gasteiger partial charge in [-0.15, -0.1) is 0 Å². The summed E-state index contributed by atoms with van der Waals surface area (Å²) in [4.78, 5) is 49.3. The number of likely N-dealkylation sites (tertiary alicyclic amines) is 1. The second kappa shape index (κ2) is 15.1. The third kappa shape index (κ3) is 8.60. The second-order valence-electron chi connectivity index (χ2n) is 9.32. The van der Waals surface area contributed by atoms with Crippen LogP contribution in [0.15, 0.2) is 36.8 Å². The monoisotopic (exact) mass is 540 g/mol. The summed E-state index contributed by atoms with van der Waals surface area (Å²) in [7, 11) is 1.31. The van der Waals surface area contributed by atoms with Crippen molar-refractivity contribution in [2.24, 2.45) is 0 Å². The quantitative estimate of drug-likeness (QED) is 0.349. The summed E-state index contributed by atoms with van der Waals surface area (Å²) < 4.78 is 4.88. The molecule has 3 rings (SSSR count). The van der Waals surface area contributed by atoms with Crippen LogP contribution in [0.1, 0.15) is 42.5 Å². The number of aromatic amines is 1. The van der Waals surface area contributed by atoms with E-state index in [4.69, 9.17) is 4.74 Å². The molecule has 2 amide bonds. The highest BCUT2D eigenvalue weighted by Crippen LogP contribution is 2.21. The number of aryl methyl sites for hydroxylation is 1. The number of carbonyl (C=O) groups is 3. The molecule has 1 aliphatic heterocycles. The molecule has 10 nitrogen and oxygen atoms in total. The number of H-pyrrole nitrogens is 1. The number of methoxy groups -OCH3 is 1. The maximum atomic E-state index is 13.1. The van der Waals surface area contributed by atoms with E-state index in [0.29, 0.717) is 50.2 Å². The first kappa shape index (κ1) is 29.2. The Balaban J connectivity index is 1.71. The van der Waals surface area contributed by atoms with Crippen molar-refractivity contribution < 1.29 is 19.1 Å². The van der Waals surface area contributed by atoms with Gasteiger partial charge in [-0.25, -0.2) is 9.78 Å². The van der Waals surface area contributed by atoms with Gasteiger partial charge in [0.1, 0.15) is 6.04 Å². The van der Waals surface area contributed by atoms with E-state index < -0.39 is 12.0 Å². The fourth-order valence-electron chi connectivity index (χ4n) is 4.72. The third-order valence-electron chi connectivity index (χ3n) is 6.66. The first-order valence-electron chi connectivity index (χ1n) is 12.8. The van der Waals surface area contributed by atoms with Crippen LogP contribution >= 0.6 is 11.8 Å². The lowest BCUT2D eigenvalue weighted by molar-refractivity contribution is -0.145. The molecule has 1 unspecified atom stereocenters. The Morgan fingerprint density at radius 3 is 2.89 bits per heavy atom. The van der Waals surface area contributed by atoms with Crippen molar-refractivity contribution in [1.29, 1.82) is 5.26 Å². The number of nitriles is 1. The fraction of sp³-hybridized carbons (Fsp3) is 0.519. The average molecular weight is 541 g/mol. The number of thioether (sulfide) groups is 1. The van der Waals surface area contributed by atoms with Gasteiger partial charge in [0.25, 0.3) is 0 Å². The van der Waals surface area contributed by atoms with E-state index in [1.54, 1.807) is 30.4 Å². The molecule has 0 radical (unpaired) electrons. The predicted molar refractivity (Wildman–Crippen MR) is 145 cm³/mol. The van der Waals surface area contributed by atoms with Crippen molar-refractivity contribution in [2.75, 3.05) is 38.8 Å². The number of hydrogen-bond donors (Lipinski definition) is 2. The number of aromatic nitrogens is 2. The number of benzene rings is 1. The zero-order valence-corrected chi connectivity index (χ0v) is 22.8. The van der Waals surface area contributed by atoms with Gasteiger partial charge in [-0.1, -0.05) is 18.2 Å². The SMILES string of the molecule is COC(=O)C(CCSC)NC(=O)CN(Cc1ccccc1C#N)C[C@@H]1CCCN1C(=O)CCc1cnc[nH]1. The van der Waals surface area contributed by atoms with Gasteiger partial charge in [0, 0.05) is 44.0 Å². The molecular weight excluding hydrogens is 504 g/mol. The fourth-order valence-corrected chi connectivity index (χ4v) is 5.19. The largest absolute Gasteiger partial charge is 0.467 e. The van der Waals surface area contributed by atoms with E-state index in [2.05, 4.69) is 21.4 Å². The minimum Gasteiger partial charge on any atom is -0.467 e. The zero-order chi connectivity index (χ0) is 27.3. The maximum Gasteiger partial charge on any atom is 0.328 e. The van der Waals surface area contributed by atoms with Crippen LogP contribution in [-0.4, -0.2) is 88.4 Å². The number of esters is 1. The summed E-state index contributed by atoms with van der Waals surface area (Å²) in [5, 5.41) is 12.4. The Hall–Kier alpha value is -3.36. The number of imidazole rings is 1. The average Bonchev–Trinajstić information content (AvgIpc) is 3.62. The van der Waals surface area contributed by atoms with Gasteiger partial charge in [-0.3, -0.25) is 14.5 Å². The number of hydrogen-bond acceptors (Lipinski definition) is 8. The minimum atomic E-state index is -0.722. The summed E-state index contributed by atoms with van der Waals surface area (Å²) >= 11 is 1.59. The number of nitrogens with one attached hydrogen (secondary N) is 2. The Labute approximate surface area is 228 Å². The predicted octanol–water partition coefficient (Wildman–Crippen LogP) is 2.12. The second-order valence-corrected chi connectivity index (χ2v) is 10.3. The zero-order valence-electron chi connectivity index (χ0n) is 22.0. The lowest BCUT2D eigenvalue weighted by atomic mass is 10.1. The molecule has 0 saturated carbocycles. The van der Waals surface area contributed by atoms with Gasteiger partial charge in [-0.05, 0) is 49.3 Å². The van der Waals surface area contributed by atoms with Gasteiger partial charge in [0.15, 0.2) is 0 Å². The standard InChI is InChI=1S/C27H36N6O4S/c1-37-27(36)24(11-13-38-2)31-25(34)18-32(16-21-7-4-3-6-20(21)14-28)17-23-8-5-12-33(23)26(35)10-9-22-15-29-19-30-22/h3-4,6-7,15,19,23-24H,5,8-13,16-18H2,1-2H3,(H,29,30)(H,31,34)/t23-,24?/m0/s1. The molecule has 2 N–H and O–H groups in total. The number of ether oxygens (including phenoxy) is 1. The van der Waals surface area contributed by atoms with E-state index in [9.17, 15) is 19.6 Å². The summed E-state index contributed by atoms with van der Waals surface area (Å²) in [6.45, 7) is 1.56. The van der Waals surface area contributed by atoms with Gasteiger partial charge in [0.2, 0.25) is 11.8 Å². The molecule has 1 fully saturated rings. The van der Waals surface area contributed by atoms with Crippen LogP contribution in [0.3, 0.4) is 0 Å². The van der Waals surface area contributed by atoms with Gasteiger partial charge in [-0.2, -0.15) is 17.0 Å². The molecule has 11 heteroatoms. The van der Waals surface area contributed by atoms with E-state index in [0.717, 1.165) is 24.1 Å². The van der Waals surface area contributed by atoms with Gasteiger partial charge >= 0.3 is 5.97 Å². The van der Waals surface area contributed by atoms with Gasteiger partial charge < -0.3 is 19.9 Å². The lowest BCUT2D eigenvalue weighted by Gasteiger charge is -2.31. The van der Waals surface area contributed by atoms with Crippen LogP contribution in [0.4, 0.5) is 0 Å². The molecule has 1 aliphatic rings.